The molecular weight excluding hydrogens is 689 g/mol. The Hall–Kier alpha value is -4.38. The zero-order valence-corrected chi connectivity index (χ0v) is 36.6. The van der Waals surface area contributed by atoms with Crippen molar-refractivity contribution in [3.05, 3.63) is 148 Å². The van der Waals surface area contributed by atoms with Crippen LogP contribution in [0.15, 0.2) is 120 Å². The molecule has 0 spiro atoms. The van der Waals surface area contributed by atoms with Gasteiger partial charge in [-0.05, 0) is 98.9 Å². The van der Waals surface area contributed by atoms with Crippen molar-refractivity contribution in [1.82, 2.24) is 0 Å². The molecule has 1 unspecified atom stereocenters. The minimum Gasteiger partial charge on any atom is -0.491 e. The van der Waals surface area contributed by atoms with Crippen molar-refractivity contribution in [3.63, 3.8) is 0 Å². The lowest BCUT2D eigenvalue weighted by Crippen LogP contribution is -2.32. The maximum atomic E-state index is 9.38. The van der Waals surface area contributed by atoms with E-state index < -0.39 is 5.41 Å². The second-order valence-corrected chi connectivity index (χ2v) is 15.8. The van der Waals surface area contributed by atoms with Crippen molar-refractivity contribution < 1.29 is 19.3 Å². The van der Waals surface area contributed by atoms with Gasteiger partial charge in [-0.15, -0.1) is 0 Å². The van der Waals surface area contributed by atoms with E-state index >= 15 is 0 Å². The fraction of sp³-hybridized carbons (Fsp3) is 0.423. The lowest BCUT2D eigenvalue weighted by Gasteiger charge is -2.41. The van der Waals surface area contributed by atoms with Crippen LogP contribution in [0.2, 0.25) is 0 Å². The highest BCUT2D eigenvalue weighted by atomic mass is 16.5. The summed E-state index contributed by atoms with van der Waals surface area (Å²) in [5.41, 5.74) is 11.2. The van der Waals surface area contributed by atoms with Gasteiger partial charge < -0.3 is 19.3 Å². The number of ether oxygens (including phenoxy) is 3. The molecule has 56 heavy (non-hydrogen) atoms. The third kappa shape index (κ3) is 11.6. The summed E-state index contributed by atoms with van der Waals surface area (Å²) in [4.78, 5) is 0. The molecule has 1 N–H and O–H groups in total. The number of hydrogen-bond acceptors (Lipinski definition) is 4. The number of aliphatic hydroxyl groups is 1. The van der Waals surface area contributed by atoms with Crippen LogP contribution in [0.25, 0.3) is 17.2 Å². The first-order valence-electron chi connectivity index (χ1n) is 20.8. The van der Waals surface area contributed by atoms with E-state index in [4.69, 9.17) is 14.2 Å². The smallest absolute Gasteiger partial charge is 0.119 e. The van der Waals surface area contributed by atoms with Crippen molar-refractivity contribution in [1.29, 1.82) is 0 Å². The summed E-state index contributed by atoms with van der Waals surface area (Å²) < 4.78 is 17.0. The highest BCUT2D eigenvalue weighted by molar-refractivity contribution is 5.85. The molecule has 0 saturated carbocycles. The van der Waals surface area contributed by atoms with Crippen LogP contribution in [0.3, 0.4) is 0 Å². The van der Waals surface area contributed by atoms with Gasteiger partial charge >= 0.3 is 0 Å². The summed E-state index contributed by atoms with van der Waals surface area (Å²) in [7, 11) is 1.69. The van der Waals surface area contributed by atoms with Crippen molar-refractivity contribution in [2.75, 3.05) is 33.5 Å². The average molecular weight is 759 g/mol. The van der Waals surface area contributed by atoms with Crippen molar-refractivity contribution in [3.8, 4) is 11.5 Å². The summed E-state index contributed by atoms with van der Waals surface area (Å²) in [6, 6.07) is 37.1. The number of rotatable bonds is 14. The summed E-state index contributed by atoms with van der Waals surface area (Å²) >= 11 is 0. The van der Waals surface area contributed by atoms with Gasteiger partial charge in [0, 0.05) is 12.5 Å². The molecule has 1 aliphatic carbocycles. The fourth-order valence-electron chi connectivity index (χ4n) is 7.45. The van der Waals surface area contributed by atoms with E-state index in [9.17, 15) is 5.11 Å². The van der Waals surface area contributed by atoms with Gasteiger partial charge in [0.15, 0.2) is 0 Å². The molecule has 0 saturated heterocycles. The van der Waals surface area contributed by atoms with Gasteiger partial charge in [0.25, 0.3) is 0 Å². The molecule has 0 bridgehead atoms. The first-order valence-corrected chi connectivity index (χ1v) is 20.8. The Labute approximate surface area is 340 Å². The Morgan fingerprint density at radius 3 is 1.66 bits per heavy atom. The SMILES string of the molecule is CC.CC.CCC(C1=C(c2ccc(C=C(c3ccccc3)C(C)(C)C)cc2)CCC(C(C)(C)C)=C1)(c1ccc(OCCO)cc1)c1ccc(OCCOC)cc1. The molecule has 4 aromatic rings. The van der Waals surface area contributed by atoms with E-state index in [-0.39, 0.29) is 24.0 Å². The van der Waals surface area contributed by atoms with Crippen LogP contribution in [-0.2, 0) is 10.2 Å². The summed E-state index contributed by atoms with van der Waals surface area (Å²) in [6.45, 7) is 25.4. The Balaban J connectivity index is 0.00000204. The van der Waals surface area contributed by atoms with Gasteiger partial charge in [-0.25, -0.2) is 0 Å². The van der Waals surface area contributed by atoms with E-state index in [1.807, 2.05) is 39.8 Å². The molecule has 4 aromatic carbocycles. The number of aliphatic hydroxyl groups excluding tert-OH is 1. The number of benzene rings is 4. The predicted molar refractivity (Wildman–Crippen MR) is 241 cm³/mol. The lowest BCUT2D eigenvalue weighted by atomic mass is 9.62. The highest BCUT2D eigenvalue weighted by Crippen LogP contribution is 2.51. The standard InChI is InChI=1S/C48H58O4.2C2H6/c1-9-48(38-19-24-41(25-20-38)51-30-29-49,39-21-26-42(27-22-39)52-32-31-50-8)45-34-40(46(2,3)4)23-28-43(45)36-17-15-35(16-18-36)33-44(47(5,6)7)37-13-11-10-12-14-37;2*1-2/h10-22,24-27,33-34,49H,9,23,28-32H2,1-8H3;2*1-2H3. The molecule has 1 aliphatic rings. The molecule has 5 rings (SSSR count). The highest BCUT2D eigenvalue weighted by Gasteiger charge is 2.40. The molecule has 4 heteroatoms. The molecule has 0 heterocycles. The van der Waals surface area contributed by atoms with E-state index in [0.717, 1.165) is 30.8 Å². The minimum absolute atomic E-state index is 0.00295. The quantitative estimate of drug-likeness (QED) is 0.103. The van der Waals surface area contributed by atoms with Crippen LogP contribution in [-0.4, -0.2) is 38.6 Å². The zero-order valence-electron chi connectivity index (χ0n) is 36.6. The van der Waals surface area contributed by atoms with Crippen molar-refractivity contribution in [2.45, 2.75) is 101 Å². The minimum atomic E-state index is -0.446. The fourth-order valence-corrected chi connectivity index (χ4v) is 7.45. The molecule has 1 atom stereocenters. The Kier molecular flexibility index (Phi) is 17.9. The maximum absolute atomic E-state index is 9.38. The van der Waals surface area contributed by atoms with Gasteiger partial charge in [-0.2, -0.15) is 0 Å². The number of allylic oxidation sites excluding steroid dienone is 5. The number of hydrogen-bond donors (Lipinski definition) is 1. The number of methoxy groups -OCH3 is 1. The van der Waals surface area contributed by atoms with Crippen LogP contribution in [0.1, 0.15) is 123 Å². The van der Waals surface area contributed by atoms with Gasteiger partial charge in [-0.1, -0.05) is 173 Å². The predicted octanol–water partition coefficient (Wildman–Crippen LogP) is 13.6. The summed E-state index contributed by atoms with van der Waals surface area (Å²) in [6.07, 6.45) is 7.70. The largest absolute Gasteiger partial charge is 0.491 e. The van der Waals surface area contributed by atoms with Crippen LogP contribution in [0.4, 0.5) is 0 Å². The second kappa shape index (κ2) is 21.8. The molecule has 0 fully saturated rings. The second-order valence-electron chi connectivity index (χ2n) is 15.8. The maximum Gasteiger partial charge on any atom is 0.119 e. The van der Waals surface area contributed by atoms with Crippen LogP contribution < -0.4 is 9.47 Å². The first-order chi connectivity index (χ1) is 26.9. The molecular formula is C52H70O4. The van der Waals surface area contributed by atoms with Crippen molar-refractivity contribution >= 4 is 17.2 Å². The van der Waals surface area contributed by atoms with E-state index in [0.29, 0.717) is 13.2 Å². The van der Waals surface area contributed by atoms with E-state index in [1.165, 1.54) is 50.1 Å². The third-order valence-electron chi connectivity index (χ3n) is 10.3. The normalized spacial score (nSPS) is 14.4. The van der Waals surface area contributed by atoms with Crippen LogP contribution in [0.5, 0.6) is 11.5 Å². The topological polar surface area (TPSA) is 47.9 Å². The van der Waals surface area contributed by atoms with Gasteiger partial charge in [0.05, 0.1) is 13.2 Å². The Morgan fingerprint density at radius 2 is 1.20 bits per heavy atom. The molecule has 0 radical (unpaired) electrons. The molecule has 0 amide bonds. The zero-order chi connectivity index (χ0) is 41.4. The molecule has 0 aromatic heterocycles. The van der Waals surface area contributed by atoms with Gasteiger partial charge in [-0.3, -0.25) is 0 Å². The van der Waals surface area contributed by atoms with E-state index in [1.54, 1.807) is 7.11 Å². The summed E-state index contributed by atoms with van der Waals surface area (Å²) in [5, 5.41) is 9.38. The van der Waals surface area contributed by atoms with Crippen LogP contribution in [0, 0.1) is 10.8 Å². The third-order valence-corrected chi connectivity index (χ3v) is 10.3. The molecule has 0 aliphatic heterocycles. The van der Waals surface area contributed by atoms with Gasteiger partial charge in [0.2, 0.25) is 0 Å². The Morgan fingerprint density at radius 1 is 0.661 bits per heavy atom. The van der Waals surface area contributed by atoms with Crippen molar-refractivity contribution in [2.24, 2.45) is 10.8 Å². The molecule has 4 nitrogen and oxygen atoms in total. The lowest BCUT2D eigenvalue weighted by molar-refractivity contribution is 0.146. The Bertz CT molecular complexity index is 1830. The first kappa shape index (κ1) is 46.0. The summed E-state index contributed by atoms with van der Waals surface area (Å²) in [5.74, 6) is 1.58. The molecule has 302 valence electrons. The monoisotopic (exact) mass is 759 g/mol. The van der Waals surface area contributed by atoms with Crippen LogP contribution >= 0.6 is 0 Å². The van der Waals surface area contributed by atoms with Gasteiger partial charge in [0.1, 0.15) is 24.7 Å². The van der Waals surface area contributed by atoms with E-state index in [2.05, 4.69) is 152 Å². The average Bonchev–Trinajstić information content (AvgIpc) is 3.22.